The van der Waals surface area contributed by atoms with Crippen LogP contribution in [-0.2, 0) is 6.42 Å². The molecule has 0 aliphatic rings. The van der Waals surface area contributed by atoms with Gasteiger partial charge in [-0.2, -0.15) is 9.78 Å². The summed E-state index contributed by atoms with van der Waals surface area (Å²) in [6, 6.07) is 9.29. The summed E-state index contributed by atoms with van der Waals surface area (Å²) in [4.78, 5) is 17.9. The van der Waals surface area contributed by atoms with E-state index in [0.29, 0.717) is 34.6 Å². The quantitative estimate of drug-likeness (QED) is 0.296. The van der Waals surface area contributed by atoms with Gasteiger partial charge in [-0.3, -0.25) is 4.79 Å². The molecule has 0 radical (unpaired) electrons. The van der Waals surface area contributed by atoms with Gasteiger partial charge in [0.2, 0.25) is 0 Å². The Morgan fingerprint density at radius 1 is 1.22 bits per heavy atom. The monoisotopic (exact) mass is 497 g/mol. The lowest BCUT2D eigenvalue weighted by Gasteiger charge is -2.18. The number of ether oxygens (including phenoxy) is 2. The highest BCUT2D eigenvalue weighted by Crippen LogP contribution is 2.34. The molecule has 7 heteroatoms. The number of benzene rings is 2. The number of hydrogen-bond acceptors (Lipinski definition) is 5. The predicted molar refractivity (Wildman–Crippen MR) is 133 cm³/mol. The lowest BCUT2D eigenvalue weighted by atomic mass is 10.1. The van der Waals surface area contributed by atoms with Crippen LogP contribution in [0.5, 0.6) is 11.5 Å². The molecule has 0 aliphatic heterocycles. The van der Waals surface area contributed by atoms with Crippen LogP contribution in [0.2, 0.25) is 0 Å². The van der Waals surface area contributed by atoms with Crippen LogP contribution in [0.15, 0.2) is 57.4 Å². The second-order valence-corrected chi connectivity index (χ2v) is 8.93. The standard InChI is InChI=1S/C25H28BrN3O3/c1-7-8-18-11-17(12-22(31-6)23(18)32-16(4)5)14-27-29-24(15(2)3)28-21-10-9-19(26)13-20(21)25(29)30/h7,9-16H,1,8H2,2-6H3. The number of nitrogens with zero attached hydrogens (tertiary/aromatic N) is 3. The van der Waals surface area contributed by atoms with E-state index in [2.05, 4.69) is 32.6 Å². The summed E-state index contributed by atoms with van der Waals surface area (Å²) in [7, 11) is 1.60. The topological polar surface area (TPSA) is 65.7 Å². The van der Waals surface area contributed by atoms with Crippen LogP contribution in [-0.4, -0.2) is 29.1 Å². The third-order valence-corrected chi connectivity index (χ3v) is 5.26. The average Bonchev–Trinajstić information content (AvgIpc) is 2.74. The van der Waals surface area contributed by atoms with Gasteiger partial charge in [-0.25, -0.2) is 4.98 Å². The molecule has 0 aliphatic carbocycles. The van der Waals surface area contributed by atoms with E-state index in [-0.39, 0.29) is 17.6 Å². The minimum absolute atomic E-state index is 0.00200. The molecule has 1 heterocycles. The van der Waals surface area contributed by atoms with Crippen LogP contribution in [0.3, 0.4) is 0 Å². The van der Waals surface area contributed by atoms with E-state index in [1.54, 1.807) is 19.4 Å². The molecule has 0 saturated heterocycles. The summed E-state index contributed by atoms with van der Waals surface area (Å²) in [5.41, 5.74) is 2.16. The lowest BCUT2D eigenvalue weighted by Crippen LogP contribution is -2.23. The van der Waals surface area contributed by atoms with Crippen LogP contribution >= 0.6 is 15.9 Å². The molecule has 3 rings (SSSR count). The number of allylic oxidation sites excluding steroid dienone is 1. The van der Waals surface area contributed by atoms with Crippen LogP contribution < -0.4 is 15.0 Å². The summed E-state index contributed by atoms with van der Waals surface area (Å²) >= 11 is 3.43. The first-order chi connectivity index (χ1) is 15.2. The third-order valence-electron chi connectivity index (χ3n) is 4.76. The van der Waals surface area contributed by atoms with E-state index in [0.717, 1.165) is 15.6 Å². The molecule has 0 unspecified atom stereocenters. The van der Waals surface area contributed by atoms with Gasteiger partial charge in [0.25, 0.3) is 5.56 Å². The molecular formula is C25H28BrN3O3. The zero-order valence-corrected chi connectivity index (χ0v) is 20.6. The smallest absolute Gasteiger partial charge is 0.282 e. The first kappa shape index (κ1) is 23.7. The Labute approximate surface area is 196 Å². The van der Waals surface area contributed by atoms with Crippen molar-refractivity contribution in [1.29, 1.82) is 0 Å². The number of aromatic nitrogens is 2. The molecule has 0 saturated carbocycles. The van der Waals surface area contributed by atoms with Gasteiger partial charge in [0, 0.05) is 16.0 Å². The Balaban J connectivity index is 2.15. The molecule has 0 spiro atoms. The number of halogens is 1. The Morgan fingerprint density at radius 3 is 2.59 bits per heavy atom. The summed E-state index contributed by atoms with van der Waals surface area (Å²) in [6.45, 7) is 11.8. The minimum atomic E-state index is -0.214. The van der Waals surface area contributed by atoms with Gasteiger partial charge >= 0.3 is 0 Å². The van der Waals surface area contributed by atoms with E-state index >= 15 is 0 Å². The second kappa shape index (κ2) is 10.1. The van der Waals surface area contributed by atoms with Crippen molar-refractivity contribution in [3.8, 4) is 11.5 Å². The zero-order chi connectivity index (χ0) is 23.4. The van der Waals surface area contributed by atoms with Crippen molar-refractivity contribution in [3.63, 3.8) is 0 Å². The molecule has 0 bridgehead atoms. The molecule has 6 nitrogen and oxygen atoms in total. The first-order valence-electron chi connectivity index (χ1n) is 10.5. The van der Waals surface area contributed by atoms with E-state index in [1.165, 1.54) is 4.68 Å². The fraction of sp³-hybridized carbons (Fsp3) is 0.320. The molecule has 168 valence electrons. The van der Waals surface area contributed by atoms with Gasteiger partial charge in [-0.1, -0.05) is 35.9 Å². The minimum Gasteiger partial charge on any atom is -0.493 e. The maximum atomic E-state index is 13.2. The Bertz CT molecular complexity index is 1230. The number of methoxy groups -OCH3 is 1. The van der Waals surface area contributed by atoms with Gasteiger partial charge in [0.15, 0.2) is 11.5 Å². The Hall–Kier alpha value is -2.93. The molecule has 0 fully saturated rings. The van der Waals surface area contributed by atoms with Gasteiger partial charge in [0.1, 0.15) is 5.82 Å². The molecule has 1 aromatic heterocycles. The zero-order valence-electron chi connectivity index (χ0n) is 19.1. The summed E-state index contributed by atoms with van der Waals surface area (Å²) < 4.78 is 13.7. The Kier molecular flexibility index (Phi) is 7.51. The fourth-order valence-electron chi connectivity index (χ4n) is 3.36. The van der Waals surface area contributed by atoms with E-state index < -0.39 is 0 Å². The van der Waals surface area contributed by atoms with Crippen molar-refractivity contribution in [2.75, 3.05) is 7.11 Å². The fourth-order valence-corrected chi connectivity index (χ4v) is 3.72. The van der Waals surface area contributed by atoms with Crippen LogP contribution in [0.4, 0.5) is 0 Å². The maximum Gasteiger partial charge on any atom is 0.282 e. The van der Waals surface area contributed by atoms with E-state index in [4.69, 9.17) is 9.47 Å². The summed E-state index contributed by atoms with van der Waals surface area (Å²) in [5.74, 6) is 1.91. The van der Waals surface area contributed by atoms with Crippen molar-refractivity contribution < 1.29 is 9.47 Å². The summed E-state index contributed by atoms with van der Waals surface area (Å²) in [6.07, 6.45) is 4.08. The van der Waals surface area contributed by atoms with Gasteiger partial charge in [-0.05, 0) is 56.2 Å². The number of hydrogen-bond donors (Lipinski definition) is 0. The highest BCUT2D eigenvalue weighted by Gasteiger charge is 2.16. The SMILES string of the molecule is C=CCc1cc(C=Nn2c(C(C)C)nc3ccc(Br)cc3c2=O)cc(OC)c1OC(C)C. The van der Waals surface area contributed by atoms with E-state index in [1.807, 2.05) is 58.0 Å². The van der Waals surface area contributed by atoms with Crippen molar-refractivity contribution in [3.05, 3.63) is 74.8 Å². The molecule has 0 atom stereocenters. The van der Waals surface area contributed by atoms with Crippen LogP contribution in [0, 0.1) is 0 Å². The normalized spacial score (nSPS) is 11.6. The highest BCUT2D eigenvalue weighted by molar-refractivity contribution is 9.10. The van der Waals surface area contributed by atoms with Crippen molar-refractivity contribution >= 4 is 33.0 Å². The van der Waals surface area contributed by atoms with E-state index in [9.17, 15) is 4.79 Å². The van der Waals surface area contributed by atoms with Crippen molar-refractivity contribution in [2.24, 2.45) is 5.10 Å². The summed E-state index contributed by atoms with van der Waals surface area (Å²) in [5, 5.41) is 5.03. The van der Waals surface area contributed by atoms with Gasteiger partial charge in [-0.15, -0.1) is 6.58 Å². The molecule has 32 heavy (non-hydrogen) atoms. The third kappa shape index (κ3) is 5.10. The second-order valence-electron chi connectivity index (χ2n) is 8.02. The molecule has 0 amide bonds. The van der Waals surface area contributed by atoms with Crippen LogP contribution in [0.25, 0.3) is 10.9 Å². The average molecular weight is 498 g/mol. The van der Waals surface area contributed by atoms with Crippen molar-refractivity contribution in [1.82, 2.24) is 9.66 Å². The Morgan fingerprint density at radius 2 is 1.97 bits per heavy atom. The highest BCUT2D eigenvalue weighted by atomic mass is 79.9. The maximum absolute atomic E-state index is 13.2. The van der Waals surface area contributed by atoms with Gasteiger partial charge in [0.05, 0.1) is 30.3 Å². The lowest BCUT2D eigenvalue weighted by molar-refractivity contribution is 0.228. The molecule has 2 aromatic carbocycles. The predicted octanol–water partition coefficient (Wildman–Crippen LogP) is 5.69. The van der Waals surface area contributed by atoms with Crippen LogP contribution in [0.1, 0.15) is 50.6 Å². The molecular weight excluding hydrogens is 470 g/mol. The van der Waals surface area contributed by atoms with Crippen molar-refractivity contribution in [2.45, 2.75) is 46.1 Å². The van der Waals surface area contributed by atoms with Gasteiger partial charge < -0.3 is 9.47 Å². The number of fused-ring (bicyclic) bond motifs is 1. The molecule has 3 aromatic rings. The largest absolute Gasteiger partial charge is 0.493 e. The molecule has 0 N–H and O–H groups in total. The number of rotatable bonds is 8. The first-order valence-corrected chi connectivity index (χ1v) is 11.3.